The van der Waals surface area contributed by atoms with Crippen molar-refractivity contribution in [1.82, 2.24) is 14.6 Å². The van der Waals surface area contributed by atoms with Gasteiger partial charge in [0, 0.05) is 12.5 Å². The molecule has 5 heteroatoms. The highest BCUT2D eigenvalue weighted by Gasteiger charge is 2.05. The lowest BCUT2D eigenvalue weighted by Gasteiger charge is -1.94. The Morgan fingerprint density at radius 3 is 2.08 bits per heavy atom. The largest absolute Gasteiger partial charge is 0.256 e. The monoisotopic (exact) mass is 351 g/mol. The molecule has 0 aliphatic rings. The van der Waals surface area contributed by atoms with Gasteiger partial charge in [-0.25, -0.2) is 9.55 Å². The van der Waals surface area contributed by atoms with Gasteiger partial charge in [-0.3, -0.25) is 0 Å². The zero-order valence-electron chi connectivity index (χ0n) is 13.7. The number of hydrogen-bond acceptors (Lipinski definition) is 3. The fourth-order valence-corrected chi connectivity index (χ4v) is 2.87. The standard InChI is InChI=1S/C10H10N2.C9H8N2S.CH4/c1-9-11-7-8-12(9)10-5-3-2-4-6-10;1-7-9(10-11-12-7)8-5-3-2-4-6-8;/h2-8H,1H3;2-6H,1H3;1H4/p+1. The summed E-state index contributed by atoms with van der Waals surface area (Å²) < 4.78 is 6.00. The van der Waals surface area contributed by atoms with E-state index in [1.165, 1.54) is 22.1 Å². The molecule has 0 saturated heterocycles. The van der Waals surface area contributed by atoms with Gasteiger partial charge < -0.3 is 0 Å². The van der Waals surface area contributed by atoms with Gasteiger partial charge in [-0.05, 0) is 30.6 Å². The molecule has 0 spiro atoms. The second kappa shape index (κ2) is 8.89. The molecule has 0 atom stereocenters. The molecule has 0 unspecified atom stereocenters. The first-order chi connectivity index (χ1) is 11.8. The fourth-order valence-electron chi connectivity index (χ4n) is 2.38. The molecule has 4 rings (SSSR count). The van der Waals surface area contributed by atoms with E-state index in [0.29, 0.717) is 0 Å². The maximum Gasteiger partial charge on any atom is 0.256 e. The summed E-state index contributed by atoms with van der Waals surface area (Å²) in [5.41, 5.74) is 3.33. The molecule has 0 amide bonds. The molecule has 2 heterocycles. The van der Waals surface area contributed by atoms with E-state index >= 15 is 0 Å². The summed E-state index contributed by atoms with van der Waals surface area (Å²) in [5, 5.41) is 4.05. The molecular weight excluding hydrogens is 328 g/mol. The Kier molecular flexibility index (Phi) is 6.60. The van der Waals surface area contributed by atoms with E-state index in [4.69, 9.17) is 0 Å². The van der Waals surface area contributed by atoms with Crippen LogP contribution in [-0.4, -0.2) is 14.6 Å². The number of rotatable bonds is 2. The first-order valence-electron chi connectivity index (χ1n) is 7.71. The lowest BCUT2D eigenvalue weighted by Crippen LogP contribution is -2.30. The summed E-state index contributed by atoms with van der Waals surface area (Å²) in [5.74, 6) is 1.14. The van der Waals surface area contributed by atoms with Gasteiger partial charge >= 0.3 is 0 Å². The van der Waals surface area contributed by atoms with E-state index in [1.54, 1.807) is 0 Å². The molecule has 4 nitrogen and oxygen atoms in total. The number of imidazole rings is 1. The molecule has 0 aliphatic carbocycles. The van der Waals surface area contributed by atoms with E-state index in [-0.39, 0.29) is 7.43 Å². The summed E-state index contributed by atoms with van der Waals surface area (Å²) in [7, 11) is 0. The van der Waals surface area contributed by atoms with Crippen LogP contribution in [0, 0.1) is 13.8 Å². The van der Waals surface area contributed by atoms with Crippen molar-refractivity contribution in [2.24, 2.45) is 0 Å². The molecule has 0 aliphatic heterocycles. The van der Waals surface area contributed by atoms with Crippen LogP contribution >= 0.6 is 11.5 Å². The van der Waals surface area contributed by atoms with Gasteiger partial charge in [0.15, 0.2) is 0 Å². The maximum atomic E-state index is 4.05. The summed E-state index contributed by atoms with van der Waals surface area (Å²) in [6.45, 7) is 4.08. The van der Waals surface area contributed by atoms with E-state index < -0.39 is 0 Å². The van der Waals surface area contributed by atoms with Crippen LogP contribution in [0.2, 0.25) is 0 Å². The smallest absolute Gasteiger partial charge is 0.247 e. The fraction of sp³-hybridized carbons (Fsp3) is 0.150. The van der Waals surface area contributed by atoms with Gasteiger partial charge in [-0.2, -0.15) is 0 Å². The van der Waals surface area contributed by atoms with Crippen LogP contribution in [-0.2, 0) is 0 Å². The second-order valence-electron chi connectivity index (χ2n) is 5.29. The summed E-state index contributed by atoms with van der Waals surface area (Å²) >= 11 is 1.44. The Labute approximate surface area is 153 Å². The number of hydrogen-bond donors (Lipinski definition) is 1. The number of nitrogens with zero attached hydrogens (tertiary/aromatic N) is 3. The molecule has 0 saturated carbocycles. The number of aryl methyl sites for hydroxylation is 2. The lowest BCUT2D eigenvalue weighted by molar-refractivity contribution is -0.601. The topological polar surface area (TPSA) is 45.5 Å². The molecule has 128 valence electrons. The number of H-pyrrole nitrogens is 1. The Morgan fingerprint density at radius 1 is 0.920 bits per heavy atom. The zero-order chi connectivity index (χ0) is 16.8. The van der Waals surface area contributed by atoms with Gasteiger partial charge in [0.05, 0.1) is 4.88 Å². The number of para-hydroxylation sites is 1. The van der Waals surface area contributed by atoms with Crippen molar-refractivity contribution in [3.8, 4) is 16.9 Å². The third-order valence-electron chi connectivity index (χ3n) is 3.61. The Balaban J connectivity index is 0.000000173. The van der Waals surface area contributed by atoms with Crippen molar-refractivity contribution in [1.29, 1.82) is 0 Å². The van der Waals surface area contributed by atoms with Crippen molar-refractivity contribution in [2.75, 3.05) is 0 Å². The summed E-state index contributed by atoms with van der Waals surface area (Å²) in [4.78, 5) is 4.30. The average molecular weight is 351 g/mol. The van der Waals surface area contributed by atoms with Crippen molar-refractivity contribution in [2.45, 2.75) is 21.3 Å². The molecular formula is C20H23N4S+. The quantitative estimate of drug-likeness (QED) is 0.530. The van der Waals surface area contributed by atoms with Gasteiger partial charge in [0.2, 0.25) is 0 Å². The molecule has 0 fully saturated rings. The third kappa shape index (κ3) is 4.61. The lowest BCUT2D eigenvalue weighted by atomic mass is 10.1. The van der Waals surface area contributed by atoms with Crippen LogP contribution in [0.3, 0.4) is 0 Å². The van der Waals surface area contributed by atoms with Gasteiger partial charge in [-0.1, -0.05) is 60.4 Å². The van der Waals surface area contributed by atoms with E-state index in [1.807, 2.05) is 74.8 Å². The number of nitrogens with one attached hydrogen (secondary N) is 1. The van der Waals surface area contributed by atoms with E-state index in [9.17, 15) is 0 Å². The van der Waals surface area contributed by atoms with Gasteiger partial charge in [0.25, 0.3) is 5.82 Å². The third-order valence-corrected chi connectivity index (χ3v) is 4.24. The molecule has 0 bridgehead atoms. The first kappa shape index (κ1) is 18.5. The van der Waals surface area contributed by atoms with Crippen LogP contribution in [0.5, 0.6) is 0 Å². The van der Waals surface area contributed by atoms with E-state index in [0.717, 1.165) is 17.1 Å². The molecule has 2 aromatic heterocycles. The van der Waals surface area contributed by atoms with Crippen molar-refractivity contribution < 1.29 is 4.57 Å². The van der Waals surface area contributed by atoms with Crippen LogP contribution < -0.4 is 4.57 Å². The van der Waals surface area contributed by atoms with Crippen LogP contribution in [0.1, 0.15) is 18.1 Å². The predicted octanol–water partition coefficient (Wildman–Crippen LogP) is 4.75. The Hall–Kier alpha value is -2.79. The Bertz CT molecular complexity index is 806. The minimum Gasteiger partial charge on any atom is -0.247 e. The van der Waals surface area contributed by atoms with Crippen molar-refractivity contribution in [3.63, 3.8) is 0 Å². The van der Waals surface area contributed by atoms with Crippen LogP contribution in [0.15, 0.2) is 73.1 Å². The van der Waals surface area contributed by atoms with Crippen LogP contribution in [0.4, 0.5) is 0 Å². The van der Waals surface area contributed by atoms with Gasteiger partial charge in [0.1, 0.15) is 23.8 Å². The van der Waals surface area contributed by atoms with E-state index in [2.05, 4.69) is 31.3 Å². The molecule has 25 heavy (non-hydrogen) atoms. The van der Waals surface area contributed by atoms with Crippen molar-refractivity contribution in [3.05, 3.63) is 83.8 Å². The normalized spacial score (nSPS) is 9.68. The number of aromatic nitrogens is 4. The summed E-state index contributed by atoms with van der Waals surface area (Å²) in [6, 6.07) is 20.4. The summed E-state index contributed by atoms with van der Waals surface area (Å²) in [6.07, 6.45) is 3.95. The Morgan fingerprint density at radius 2 is 1.56 bits per heavy atom. The second-order valence-corrected chi connectivity index (χ2v) is 6.25. The van der Waals surface area contributed by atoms with Gasteiger partial charge in [-0.15, -0.1) is 5.10 Å². The first-order valence-corrected chi connectivity index (χ1v) is 8.48. The highest BCUT2D eigenvalue weighted by Crippen LogP contribution is 2.21. The highest BCUT2D eigenvalue weighted by molar-refractivity contribution is 7.05. The van der Waals surface area contributed by atoms with Crippen LogP contribution in [0.25, 0.3) is 16.9 Å². The minimum atomic E-state index is 0. The minimum absolute atomic E-state index is 0. The van der Waals surface area contributed by atoms with Crippen molar-refractivity contribution >= 4 is 11.5 Å². The average Bonchev–Trinajstić information content (AvgIpc) is 3.25. The zero-order valence-corrected chi connectivity index (χ0v) is 14.5. The predicted molar refractivity (Wildman–Crippen MR) is 104 cm³/mol. The molecule has 4 aromatic rings. The molecule has 2 aromatic carbocycles. The molecule has 0 radical (unpaired) electrons. The SMILES string of the molecule is C.Cc1[nH]cc[n+]1-c1ccccc1.Cc1snnc1-c1ccccc1. The maximum absolute atomic E-state index is 4.05. The highest BCUT2D eigenvalue weighted by atomic mass is 32.1. The molecule has 1 N–H and O–H groups in total. The number of aromatic amines is 1. The number of benzene rings is 2.